The topological polar surface area (TPSA) is 53.6 Å². The first-order valence-corrected chi connectivity index (χ1v) is 7.53. The molecule has 0 bridgehead atoms. The van der Waals surface area contributed by atoms with Crippen LogP contribution in [0.1, 0.15) is 32.1 Å². The van der Waals surface area contributed by atoms with Crippen molar-refractivity contribution in [2.45, 2.75) is 44.2 Å². The molecular formula is C14H27N3O2. The Kier molecular flexibility index (Phi) is 6.07. The Morgan fingerprint density at radius 1 is 1.32 bits per heavy atom. The number of carbonyl (C=O) groups is 1. The zero-order valence-corrected chi connectivity index (χ0v) is 12.0. The van der Waals surface area contributed by atoms with Crippen molar-refractivity contribution >= 4 is 5.91 Å². The summed E-state index contributed by atoms with van der Waals surface area (Å²) in [7, 11) is 1.57. The Balaban J connectivity index is 1.61. The van der Waals surface area contributed by atoms with Gasteiger partial charge in [0.15, 0.2) is 0 Å². The molecule has 1 amide bonds. The van der Waals surface area contributed by atoms with E-state index in [0.717, 1.165) is 39.0 Å². The van der Waals surface area contributed by atoms with Crippen LogP contribution in [0.4, 0.5) is 0 Å². The molecule has 19 heavy (non-hydrogen) atoms. The first kappa shape index (κ1) is 14.8. The largest absolute Gasteiger partial charge is 0.375 e. The number of amides is 1. The van der Waals surface area contributed by atoms with Gasteiger partial charge in [0.2, 0.25) is 5.91 Å². The van der Waals surface area contributed by atoms with Gasteiger partial charge in [-0.1, -0.05) is 6.42 Å². The third kappa shape index (κ3) is 4.75. The van der Waals surface area contributed by atoms with Gasteiger partial charge >= 0.3 is 0 Å². The monoisotopic (exact) mass is 269 g/mol. The highest BCUT2D eigenvalue weighted by Crippen LogP contribution is 2.12. The fourth-order valence-electron chi connectivity index (χ4n) is 2.95. The average Bonchev–Trinajstić information content (AvgIpc) is 2.47. The van der Waals surface area contributed by atoms with Gasteiger partial charge in [0.1, 0.15) is 6.61 Å². The molecule has 110 valence electrons. The molecule has 2 saturated heterocycles. The van der Waals surface area contributed by atoms with Gasteiger partial charge in [-0.2, -0.15) is 0 Å². The minimum Gasteiger partial charge on any atom is -0.375 e. The third-order valence-electron chi connectivity index (χ3n) is 4.18. The van der Waals surface area contributed by atoms with E-state index in [1.165, 1.54) is 19.3 Å². The van der Waals surface area contributed by atoms with Crippen molar-refractivity contribution in [3.05, 3.63) is 0 Å². The number of carbonyl (C=O) groups excluding carboxylic acids is 1. The number of nitrogens with zero attached hydrogens (tertiary/aromatic N) is 1. The highest BCUT2D eigenvalue weighted by molar-refractivity contribution is 5.77. The summed E-state index contributed by atoms with van der Waals surface area (Å²) in [5.41, 5.74) is 0. The molecule has 2 aliphatic heterocycles. The number of ether oxygens (including phenoxy) is 1. The van der Waals surface area contributed by atoms with Crippen molar-refractivity contribution in [3.8, 4) is 0 Å². The van der Waals surface area contributed by atoms with Crippen LogP contribution in [0.3, 0.4) is 0 Å². The van der Waals surface area contributed by atoms with Crippen LogP contribution in [0.5, 0.6) is 0 Å². The van der Waals surface area contributed by atoms with Gasteiger partial charge in [-0.15, -0.1) is 0 Å². The predicted molar refractivity (Wildman–Crippen MR) is 75.1 cm³/mol. The molecule has 0 aromatic rings. The smallest absolute Gasteiger partial charge is 0.248 e. The molecule has 5 heteroatoms. The van der Waals surface area contributed by atoms with Crippen molar-refractivity contribution in [3.63, 3.8) is 0 Å². The second-order valence-electron chi connectivity index (χ2n) is 5.64. The van der Waals surface area contributed by atoms with Crippen LogP contribution in [0.2, 0.25) is 0 Å². The molecular weight excluding hydrogens is 242 g/mol. The molecule has 5 nitrogen and oxygen atoms in total. The fraction of sp³-hybridized carbons (Fsp3) is 0.929. The predicted octanol–water partition coefficient (Wildman–Crippen LogP) is 0.356. The zero-order valence-electron chi connectivity index (χ0n) is 12.0. The van der Waals surface area contributed by atoms with Crippen LogP contribution < -0.4 is 10.6 Å². The number of hydrogen-bond acceptors (Lipinski definition) is 4. The van der Waals surface area contributed by atoms with Gasteiger partial charge < -0.3 is 20.3 Å². The van der Waals surface area contributed by atoms with Gasteiger partial charge in [-0.3, -0.25) is 4.79 Å². The third-order valence-corrected chi connectivity index (χ3v) is 4.18. The van der Waals surface area contributed by atoms with E-state index in [-0.39, 0.29) is 12.5 Å². The summed E-state index contributed by atoms with van der Waals surface area (Å²) in [6.07, 6.45) is 6.07. The maximum absolute atomic E-state index is 11.7. The lowest BCUT2D eigenvalue weighted by molar-refractivity contribution is -0.136. The molecule has 0 spiro atoms. The fourth-order valence-corrected chi connectivity index (χ4v) is 2.95. The quantitative estimate of drug-likeness (QED) is 0.756. The molecule has 0 aromatic heterocycles. The van der Waals surface area contributed by atoms with E-state index in [4.69, 9.17) is 4.74 Å². The standard InChI is InChI=1S/C14H27N3O2/c1-19-11-14(18)17-8-5-12(6-9-17)16-10-13-4-2-3-7-15-13/h12-13,15-16H,2-11H2,1H3. The zero-order chi connectivity index (χ0) is 13.5. The lowest BCUT2D eigenvalue weighted by Crippen LogP contribution is -2.49. The Hall–Kier alpha value is -0.650. The van der Waals surface area contributed by atoms with Crippen LogP contribution in [-0.4, -0.2) is 62.8 Å². The lowest BCUT2D eigenvalue weighted by Gasteiger charge is -2.34. The maximum Gasteiger partial charge on any atom is 0.248 e. The normalized spacial score (nSPS) is 25.5. The molecule has 2 rings (SSSR count). The molecule has 2 N–H and O–H groups in total. The van der Waals surface area contributed by atoms with Crippen LogP contribution in [0.25, 0.3) is 0 Å². The molecule has 1 unspecified atom stereocenters. The number of methoxy groups -OCH3 is 1. The minimum atomic E-state index is 0.120. The molecule has 2 fully saturated rings. The summed E-state index contributed by atoms with van der Waals surface area (Å²) in [6.45, 7) is 4.16. The summed E-state index contributed by atoms with van der Waals surface area (Å²) in [5, 5.41) is 7.21. The Labute approximate surface area is 116 Å². The Morgan fingerprint density at radius 2 is 2.11 bits per heavy atom. The van der Waals surface area contributed by atoms with Crippen molar-refractivity contribution < 1.29 is 9.53 Å². The lowest BCUT2D eigenvalue weighted by atomic mass is 10.0. The number of rotatable bonds is 5. The maximum atomic E-state index is 11.7. The summed E-state index contributed by atoms with van der Waals surface area (Å²) < 4.78 is 4.90. The number of piperidine rings is 2. The van der Waals surface area contributed by atoms with E-state index in [1.807, 2.05) is 4.90 Å². The second-order valence-corrected chi connectivity index (χ2v) is 5.64. The molecule has 1 atom stereocenters. The highest BCUT2D eigenvalue weighted by atomic mass is 16.5. The van der Waals surface area contributed by atoms with Gasteiger partial charge in [0.05, 0.1) is 0 Å². The van der Waals surface area contributed by atoms with Crippen molar-refractivity contribution in [2.24, 2.45) is 0 Å². The van der Waals surface area contributed by atoms with Crippen molar-refractivity contribution in [1.29, 1.82) is 0 Å². The van der Waals surface area contributed by atoms with Crippen LogP contribution in [0, 0.1) is 0 Å². The van der Waals surface area contributed by atoms with Crippen LogP contribution >= 0.6 is 0 Å². The summed E-state index contributed by atoms with van der Waals surface area (Å²) in [6, 6.07) is 1.21. The van der Waals surface area contributed by atoms with Gasteiger partial charge in [0.25, 0.3) is 0 Å². The molecule has 0 aromatic carbocycles. The van der Waals surface area contributed by atoms with E-state index in [2.05, 4.69) is 10.6 Å². The number of nitrogens with one attached hydrogen (secondary N) is 2. The molecule has 0 aliphatic carbocycles. The van der Waals surface area contributed by atoms with Gasteiger partial charge in [0, 0.05) is 38.8 Å². The number of hydrogen-bond donors (Lipinski definition) is 2. The average molecular weight is 269 g/mol. The number of likely N-dealkylation sites (tertiary alicyclic amines) is 1. The summed E-state index contributed by atoms with van der Waals surface area (Å²) in [5.74, 6) is 0.120. The highest BCUT2D eigenvalue weighted by Gasteiger charge is 2.23. The summed E-state index contributed by atoms with van der Waals surface area (Å²) >= 11 is 0. The van der Waals surface area contributed by atoms with Crippen molar-refractivity contribution in [2.75, 3.05) is 39.9 Å². The van der Waals surface area contributed by atoms with E-state index < -0.39 is 0 Å². The molecule has 2 aliphatic rings. The van der Waals surface area contributed by atoms with Crippen LogP contribution in [0.15, 0.2) is 0 Å². The summed E-state index contributed by atoms with van der Waals surface area (Å²) in [4.78, 5) is 13.6. The van der Waals surface area contributed by atoms with Gasteiger partial charge in [-0.25, -0.2) is 0 Å². The molecule has 0 radical (unpaired) electrons. The Bertz CT molecular complexity index is 272. The first-order valence-electron chi connectivity index (χ1n) is 7.53. The molecule has 0 saturated carbocycles. The van der Waals surface area contributed by atoms with Crippen molar-refractivity contribution in [1.82, 2.24) is 15.5 Å². The van der Waals surface area contributed by atoms with E-state index in [9.17, 15) is 4.79 Å². The SMILES string of the molecule is COCC(=O)N1CCC(NCC2CCCCN2)CC1. The van der Waals surface area contributed by atoms with Gasteiger partial charge in [-0.05, 0) is 32.2 Å². The van der Waals surface area contributed by atoms with E-state index in [0.29, 0.717) is 12.1 Å². The van der Waals surface area contributed by atoms with Crippen LogP contribution in [-0.2, 0) is 9.53 Å². The van der Waals surface area contributed by atoms with E-state index in [1.54, 1.807) is 7.11 Å². The molecule has 2 heterocycles. The van der Waals surface area contributed by atoms with E-state index >= 15 is 0 Å². The first-order chi connectivity index (χ1) is 9.29. The Morgan fingerprint density at radius 3 is 2.74 bits per heavy atom. The second kappa shape index (κ2) is 7.82. The minimum absolute atomic E-state index is 0.120.